The van der Waals surface area contributed by atoms with Gasteiger partial charge >= 0.3 is 12.0 Å². The largest absolute Gasteiger partial charge is 0.481 e. The third-order valence-corrected chi connectivity index (χ3v) is 4.57. The first-order valence-electron chi connectivity index (χ1n) is 6.97. The summed E-state index contributed by atoms with van der Waals surface area (Å²) in [5, 5.41) is 14.9. The standard InChI is InChI=1S/C15H24N2O3/c1-5-6-9-16-14(20)17-12-8-7-11(13(18)19)15(3,4)10(12)2/h10-12H,7-9H2,1-4H3,(H,18,19)(H2,16,17,20). The van der Waals surface area contributed by atoms with Crippen LogP contribution in [-0.2, 0) is 4.79 Å². The Morgan fingerprint density at radius 2 is 2.00 bits per heavy atom. The molecule has 20 heavy (non-hydrogen) atoms. The van der Waals surface area contributed by atoms with Gasteiger partial charge in [0, 0.05) is 6.04 Å². The van der Waals surface area contributed by atoms with Gasteiger partial charge in [0.15, 0.2) is 0 Å². The van der Waals surface area contributed by atoms with Crippen molar-refractivity contribution in [3.63, 3.8) is 0 Å². The van der Waals surface area contributed by atoms with Crippen LogP contribution in [0.1, 0.15) is 40.5 Å². The van der Waals surface area contributed by atoms with Gasteiger partial charge in [-0.05, 0) is 31.1 Å². The molecule has 2 amide bonds. The molecule has 1 fully saturated rings. The van der Waals surface area contributed by atoms with Gasteiger partial charge in [-0.3, -0.25) is 4.79 Å². The normalized spacial score (nSPS) is 27.9. The van der Waals surface area contributed by atoms with Crippen molar-refractivity contribution in [2.75, 3.05) is 6.54 Å². The third-order valence-electron chi connectivity index (χ3n) is 4.57. The van der Waals surface area contributed by atoms with E-state index < -0.39 is 5.97 Å². The van der Waals surface area contributed by atoms with Gasteiger partial charge < -0.3 is 15.7 Å². The summed E-state index contributed by atoms with van der Waals surface area (Å²) in [6, 6.07) is -0.246. The number of hydrogen-bond acceptors (Lipinski definition) is 2. The average Bonchev–Trinajstić information content (AvgIpc) is 2.35. The van der Waals surface area contributed by atoms with Crippen LogP contribution in [0.3, 0.4) is 0 Å². The summed E-state index contributed by atoms with van der Waals surface area (Å²) >= 11 is 0. The maximum absolute atomic E-state index is 11.8. The summed E-state index contributed by atoms with van der Waals surface area (Å²) in [7, 11) is 0. The molecule has 0 aromatic heterocycles. The van der Waals surface area contributed by atoms with E-state index in [0.29, 0.717) is 19.4 Å². The number of carboxylic acid groups (broad SMARTS) is 1. The van der Waals surface area contributed by atoms with Crippen molar-refractivity contribution >= 4 is 12.0 Å². The fraction of sp³-hybridized carbons (Fsp3) is 0.733. The lowest BCUT2D eigenvalue weighted by Gasteiger charge is -2.46. The van der Waals surface area contributed by atoms with E-state index in [1.165, 1.54) is 0 Å². The summed E-state index contributed by atoms with van der Waals surface area (Å²) in [4.78, 5) is 23.1. The zero-order chi connectivity index (χ0) is 15.3. The Morgan fingerprint density at radius 3 is 2.55 bits per heavy atom. The van der Waals surface area contributed by atoms with Crippen molar-refractivity contribution in [1.29, 1.82) is 0 Å². The number of carboxylic acids is 1. The quantitative estimate of drug-likeness (QED) is 0.690. The molecule has 0 aromatic carbocycles. The lowest BCUT2D eigenvalue weighted by Crippen LogP contribution is -2.54. The monoisotopic (exact) mass is 280 g/mol. The molecule has 1 saturated carbocycles. The molecule has 1 aliphatic rings. The minimum Gasteiger partial charge on any atom is -0.481 e. The number of urea groups is 1. The second-order valence-corrected chi connectivity index (χ2v) is 5.94. The Bertz CT molecular complexity index is 434. The first kappa shape index (κ1) is 16.4. The Kier molecular flexibility index (Phi) is 5.43. The maximum atomic E-state index is 11.8. The lowest BCUT2D eigenvalue weighted by molar-refractivity contribution is -0.150. The maximum Gasteiger partial charge on any atom is 0.315 e. The van der Waals surface area contributed by atoms with Crippen molar-refractivity contribution < 1.29 is 14.7 Å². The lowest BCUT2D eigenvalue weighted by atomic mass is 9.61. The van der Waals surface area contributed by atoms with E-state index in [4.69, 9.17) is 0 Å². The molecule has 1 aliphatic carbocycles. The van der Waals surface area contributed by atoms with Crippen LogP contribution in [0, 0.1) is 29.1 Å². The highest BCUT2D eigenvalue weighted by atomic mass is 16.4. The third kappa shape index (κ3) is 3.66. The highest BCUT2D eigenvalue weighted by Crippen LogP contribution is 2.44. The van der Waals surface area contributed by atoms with Gasteiger partial charge in [0.2, 0.25) is 0 Å². The van der Waals surface area contributed by atoms with Crippen LogP contribution >= 0.6 is 0 Å². The van der Waals surface area contributed by atoms with Gasteiger partial charge in [-0.1, -0.05) is 26.7 Å². The van der Waals surface area contributed by atoms with Crippen molar-refractivity contribution in [3.8, 4) is 11.8 Å². The van der Waals surface area contributed by atoms with Crippen LogP contribution in [-0.4, -0.2) is 29.7 Å². The second-order valence-electron chi connectivity index (χ2n) is 5.94. The summed E-state index contributed by atoms with van der Waals surface area (Å²) in [6.07, 6.45) is 1.28. The molecule has 112 valence electrons. The van der Waals surface area contributed by atoms with E-state index in [2.05, 4.69) is 22.5 Å². The number of rotatable bonds is 3. The predicted octanol–water partition coefficient (Wildman–Crippen LogP) is 1.83. The van der Waals surface area contributed by atoms with Crippen molar-refractivity contribution in [2.24, 2.45) is 17.3 Å². The molecule has 3 unspecified atom stereocenters. The Hall–Kier alpha value is -1.70. The fourth-order valence-electron chi connectivity index (χ4n) is 2.88. The molecular weight excluding hydrogens is 256 g/mol. The molecule has 5 heteroatoms. The summed E-state index contributed by atoms with van der Waals surface area (Å²) in [6.45, 7) is 7.98. The van der Waals surface area contributed by atoms with Gasteiger partial charge in [-0.2, -0.15) is 0 Å². The minimum absolute atomic E-state index is 0.00446. The number of carbonyl (C=O) groups excluding carboxylic acids is 1. The van der Waals surface area contributed by atoms with Crippen LogP contribution < -0.4 is 10.6 Å². The fourth-order valence-corrected chi connectivity index (χ4v) is 2.88. The van der Waals surface area contributed by atoms with Crippen LogP contribution in [0.4, 0.5) is 4.79 Å². The zero-order valence-corrected chi connectivity index (χ0v) is 12.6. The molecule has 0 bridgehead atoms. The highest BCUT2D eigenvalue weighted by Gasteiger charge is 2.46. The first-order valence-corrected chi connectivity index (χ1v) is 6.97. The van der Waals surface area contributed by atoms with E-state index in [9.17, 15) is 14.7 Å². The number of aliphatic carboxylic acids is 1. The van der Waals surface area contributed by atoms with Gasteiger partial charge in [0.05, 0.1) is 12.5 Å². The number of carbonyl (C=O) groups is 2. The van der Waals surface area contributed by atoms with Crippen LogP contribution in [0.2, 0.25) is 0 Å². The number of amides is 2. The molecule has 0 spiro atoms. The van der Waals surface area contributed by atoms with Gasteiger partial charge in [0.25, 0.3) is 0 Å². The van der Waals surface area contributed by atoms with E-state index in [-0.39, 0.29) is 29.3 Å². The molecule has 0 radical (unpaired) electrons. The summed E-state index contributed by atoms with van der Waals surface area (Å²) in [5.41, 5.74) is -0.342. The Labute approximate surface area is 120 Å². The van der Waals surface area contributed by atoms with Crippen molar-refractivity contribution in [2.45, 2.75) is 46.6 Å². The highest BCUT2D eigenvalue weighted by molar-refractivity contribution is 5.75. The molecule has 1 rings (SSSR count). The van der Waals surface area contributed by atoms with Crippen molar-refractivity contribution in [1.82, 2.24) is 10.6 Å². The van der Waals surface area contributed by atoms with E-state index in [1.807, 2.05) is 20.8 Å². The SMILES string of the molecule is CC#CCNC(=O)NC1CCC(C(=O)O)C(C)(C)C1C. The summed E-state index contributed by atoms with van der Waals surface area (Å²) < 4.78 is 0. The average molecular weight is 280 g/mol. The molecule has 0 aliphatic heterocycles. The molecule has 3 atom stereocenters. The van der Waals surface area contributed by atoms with Gasteiger partial charge in [0.1, 0.15) is 0 Å². The zero-order valence-electron chi connectivity index (χ0n) is 12.6. The van der Waals surface area contributed by atoms with Crippen LogP contribution in [0.15, 0.2) is 0 Å². The predicted molar refractivity (Wildman–Crippen MR) is 77.1 cm³/mol. The van der Waals surface area contributed by atoms with E-state index in [0.717, 1.165) is 0 Å². The smallest absolute Gasteiger partial charge is 0.315 e. The Balaban J connectivity index is 2.63. The topological polar surface area (TPSA) is 78.4 Å². The first-order chi connectivity index (χ1) is 9.30. The minimum atomic E-state index is -0.747. The van der Waals surface area contributed by atoms with E-state index >= 15 is 0 Å². The molecule has 0 aromatic rings. The molecular formula is C15H24N2O3. The molecule has 5 nitrogen and oxygen atoms in total. The Morgan fingerprint density at radius 1 is 1.35 bits per heavy atom. The van der Waals surface area contributed by atoms with Crippen LogP contribution in [0.25, 0.3) is 0 Å². The molecule has 0 heterocycles. The van der Waals surface area contributed by atoms with Crippen molar-refractivity contribution in [3.05, 3.63) is 0 Å². The summed E-state index contributed by atoms with van der Waals surface area (Å²) in [5.74, 6) is 4.47. The van der Waals surface area contributed by atoms with Crippen LogP contribution in [0.5, 0.6) is 0 Å². The van der Waals surface area contributed by atoms with Gasteiger partial charge in [-0.15, -0.1) is 5.92 Å². The number of hydrogen-bond donors (Lipinski definition) is 3. The number of nitrogens with one attached hydrogen (secondary N) is 2. The molecule has 3 N–H and O–H groups in total. The van der Waals surface area contributed by atoms with Gasteiger partial charge in [-0.25, -0.2) is 4.79 Å². The second kappa shape index (κ2) is 6.65. The molecule has 0 saturated heterocycles. The van der Waals surface area contributed by atoms with E-state index in [1.54, 1.807) is 6.92 Å².